The molecule has 2 aromatic carbocycles. The monoisotopic (exact) mass is 417 g/mol. The number of carbonyl (C=O) groups excluding carboxylic acids is 2. The smallest absolute Gasteiger partial charge is 0.308 e. The lowest BCUT2D eigenvalue weighted by Crippen LogP contribution is -2.30. The van der Waals surface area contributed by atoms with E-state index in [0.717, 1.165) is 5.56 Å². The number of amides is 1. The van der Waals surface area contributed by atoms with Gasteiger partial charge < -0.3 is 18.9 Å². The molecular weight excluding hydrogens is 398 g/mol. The van der Waals surface area contributed by atoms with Crippen LogP contribution in [0.4, 0.5) is 0 Å². The first-order valence-corrected chi connectivity index (χ1v) is 9.62. The fourth-order valence-electron chi connectivity index (χ4n) is 2.95. The second-order valence-corrected chi connectivity index (χ2v) is 6.65. The molecule has 2 heterocycles. The van der Waals surface area contributed by atoms with Gasteiger partial charge in [-0.25, -0.2) is 0 Å². The third-order valence-corrected chi connectivity index (χ3v) is 4.47. The molecule has 2 aromatic heterocycles. The molecule has 0 saturated carbocycles. The Morgan fingerprint density at radius 3 is 2.39 bits per heavy atom. The van der Waals surface area contributed by atoms with Crippen LogP contribution in [0.1, 0.15) is 34.3 Å². The zero-order valence-electron chi connectivity index (χ0n) is 16.4. The quantitative estimate of drug-likeness (QED) is 0.433. The van der Waals surface area contributed by atoms with Crippen molar-refractivity contribution in [1.82, 2.24) is 15.5 Å². The topological polar surface area (TPSA) is 107 Å². The molecule has 1 atom stereocenters. The first kappa shape index (κ1) is 20.1. The summed E-state index contributed by atoms with van der Waals surface area (Å²) in [5.41, 5.74) is 1.30. The summed E-state index contributed by atoms with van der Waals surface area (Å²) in [4.78, 5) is 25.1. The SMILES string of the molecule is O=C(C[C@H](NC(=O)c1ccccc1)c1ccccc1)OCc1nnc(-c2ccco2)o1. The van der Waals surface area contributed by atoms with Crippen LogP contribution in [-0.4, -0.2) is 22.1 Å². The maximum absolute atomic E-state index is 12.6. The van der Waals surface area contributed by atoms with Crippen LogP contribution in [0.3, 0.4) is 0 Å². The summed E-state index contributed by atoms with van der Waals surface area (Å²) in [6.45, 7) is -0.180. The second kappa shape index (κ2) is 9.53. The summed E-state index contributed by atoms with van der Waals surface area (Å²) < 4.78 is 15.9. The first-order chi connectivity index (χ1) is 15.2. The van der Waals surface area contributed by atoms with Gasteiger partial charge in [-0.05, 0) is 29.8 Å². The van der Waals surface area contributed by atoms with E-state index in [1.807, 2.05) is 36.4 Å². The van der Waals surface area contributed by atoms with Crippen LogP contribution in [0.2, 0.25) is 0 Å². The number of hydrogen-bond acceptors (Lipinski definition) is 7. The third kappa shape index (κ3) is 5.24. The Morgan fingerprint density at radius 1 is 0.935 bits per heavy atom. The maximum atomic E-state index is 12.6. The van der Waals surface area contributed by atoms with Gasteiger partial charge in [-0.1, -0.05) is 48.5 Å². The average molecular weight is 417 g/mol. The number of ether oxygens (including phenoxy) is 1. The van der Waals surface area contributed by atoms with E-state index >= 15 is 0 Å². The molecule has 8 heteroatoms. The summed E-state index contributed by atoms with van der Waals surface area (Å²) in [7, 11) is 0. The number of nitrogens with one attached hydrogen (secondary N) is 1. The lowest BCUT2D eigenvalue weighted by atomic mass is 10.0. The molecule has 1 N–H and O–H groups in total. The fraction of sp³-hybridized carbons (Fsp3) is 0.130. The predicted molar refractivity (Wildman–Crippen MR) is 110 cm³/mol. The van der Waals surface area contributed by atoms with Crippen LogP contribution < -0.4 is 5.32 Å². The largest absolute Gasteiger partial charge is 0.459 e. The van der Waals surface area contributed by atoms with Gasteiger partial charge in [0.05, 0.1) is 18.7 Å². The Bertz CT molecular complexity index is 1120. The molecule has 31 heavy (non-hydrogen) atoms. The zero-order valence-corrected chi connectivity index (χ0v) is 16.4. The minimum atomic E-state index is -0.553. The van der Waals surface area contributed by atoms with Crippen LogP contribution in [-0.2, 0) is 16.1 Å². The van der Waals surface area contributed by atoms with Gasteiger partial charge in [-0.15, -0.1) is 10.2 Å². The van der Waals surface area contributed by atoms with Gasteiger partial charge in [0, 0.05) is 5.56 Å². The number of hydrogen-bond donors (Lipinski definition) is 1. The number of furan rings is 1. The van der Waals surface area contributed by atoms with E-state index in [0.29, 0.717) is 11.3 Å². The van der Waals surface area contributed by atoms with Crippen LogP contribution in [0, 0.1) is 0 Å². The molecule has 0 aliphatic heterocycles. The predicted octanol–water partition coefficient (Wildman–Crippen LogP) is 3.93. The minimum Gasteiger partial charge on any atom is -0.459 e. The van der Waals surface area contributed by atoms with Crippen LogP contribution in [0.25, 0.3) is 11.7 Å². The average Bonchev–Trinajstić information content (AvgIpc) is 3.50. The van der Waals surface area contributed by atoms with Gasteiger partial charge in [-0.2, -0.15) is 0 Å². The zero-order chi connectivity index (χ0) is 21.5. The molecule has 0 aliphatic carbocycles. The summed E-state index contributed by atoms with van der Waals surface area (Å²) in [6.07, 6.45) is 1.44. The molecule has 0 radical (unpaired) electrons. The number of esters is 1. The van der Waals surface area contributed by atoms with Crippen molar-refractivity contribution >= 4 is 11.9 Å². The highest BCUT2D eigenvalue weighted by Crippen LogP contribution is 2.20. The van der Waals surface area contributed by atoms with Crippen molar-refractivity contribution in [2.75, 3.05) is 0 Å². The third-order valence-electron chi connectivity index (χ3n) is 4.47. The van der Waals surface area contributed by atoms with Crippen molar-refractivity contribution in [2.45, 2.75) is 19.1 Å². The summed E-state index contributed by atoms with van der Waals surface area (Å²) in [5.74, 6) is -0.0160. The second-order valence-electron chi connectivity index (χ2n) is 6.65. The van der Waals surface area contributed by atoms with Gasteiger partial charge in [0.25, 0.3) is 17.7 Å². The fourth-order valence-corrected chi connectivity index (χ4v) is 2.95. The lowest BCUT2D eigenvalue weighted by molar-refractivity contribution is -0.146. The Hall–Kier alpha value is -4.20. The van der Waals surface area contributed by atoms with Gasteiger partial charge >= 0.3 is 5.97 Å². The Morgan fingerprint density at radius 2 is 1.68 bits per heavy atom. The normalized spacial score (nSPS) is 11.6. The van der Waals surface area contributed by atoms with Gasteiger partial charge in [-0.3, -0.25) is 9.59 Å². The Kier molecular flexibility index (Phi) is 6.18. The van der Waals surface area contributed by atoms with E-state index in [4.69, 9.17) is 13.6 Å². The van der Waals surface area contributed by atoms with Crippen LogP contribution in [0.15, 0.2) is 87.9 Å². The molecule has 0 saturated heterocycles. The number of nitrogens with zero attached hydrogens (tertiary/aromatic N) is 2. The van der Waals surface area contributed by atoms with Gasteiger partial charge in [0.1, 0.15) is 0 Å². The van der Waals surface area contributed by atoms with Gasteiger partial charge in [0.15, 0.2) is 12.4 Å². The number of aromatic nitrogens is 2. The standard InChI is InChI=1S/C23H19N3O5/c27-21(30-15-20-25-26-23(31-20)19-12-7-13-29-19)14-18(16-8-3-1-4-9-16)24-22(28)17-10-5-2-6-11-17/h1-13,18H,14-15H2,(H,24,28)/t18-/m0/s1. The molecule has 0 unspecified atom stereocenters. The van der Waals surface area contributed by atoms with E-state index in [9.17, 15) is 9.59 Å². The maximum Gasteiger partial charge on any atom is 0.308 e. The highest BCUT2D eigenvalue weighted by molar-refractivity contribution is 5.94. The van der Waals surface area contributed by atoms with Crippen molar-refractivity contribution in [2.24, 2.45) is 0 Å². The van der Waals surface area contributed by atoms with Crippen LogP contribution in [0.5, 0.6) is 0 Å². The number of rotatable bonds is 8. The molecule has 0 aliphatic rings. The molecule has 0 spiro atoms. The van der Waals surface area contributed by atoms with Gasteiger partial charge in [0.2, 0.25) is 0 Å². The summed E-state index contributed by atoms with van der Waals surface area (Å²) in [5, 5.41) is 10.6. The number of carbonyl (C=O) groups is 2. The van der Waals surface area contributed by atoms with E-state index in [1.165, 1.54) is 6.26 Å². The van der Waals surface area contributed by atoms with Crippen molar-refractivity contribution in [3.63, 3.8) is 0 Å². The highest BCUT2D eigenvalue weighted by atomic mass is 16.5. The minimum absolute atomic E-state index is 0.0538. The molecule has 1 amide bonds. The Labute approximate surface area is 177 Å². The van der Waals surface area contributed by atoms with Crippen molar-refractivity contribution in [3.05, 3.63) is 96.1 Å². The van der Waals surface area contributed by atoms with Crippen molar-refractivity contribution in [3.8, 4) is 11.7 Å². The lowest BCUT2D eigenvalue weighted by Gasteiger charge is -2.18. The van der Waals surface area contributed by atoms with Crippen LogP contribution >= 0.6 is 0 Å². The summed E-state index contributed by atoms with van der Waals surface area (Å²) in [6, 6.07) is 20.9. The van der Waals surface area contributed by atoms with E-state index in [-0.39, 0.29) is 30.7 Å². The van der Waals surface area contributed by atoms with E-state index < -0.39 is 12.0 Å². The van der Waals surface area contributed by atoms with Crippen molar-refractivity contribution in [1.29, 1.82) is 0 Å². The first-order valence-electron chi connectivity index (χ1n) is 9.62. The molecule has 8 nitrogen and oxygen atoms in total. The molecule has 4 aromatic rings. The van der Waals surface area contributed by atoms with E-state index in [1.54, 1.807) is 36.4 Å². The molecule has 4 rings (SSSR count). The molecular formula is C23H19N3O5. The highest BCUT2D eigenvalue weighted by Gasteiger charge is 2.21. The van der Waals surface area contributed by atoms with Crippen molar-refractivity contribution < 1.29 is 23.2 Å². The number of benzene rings is 2. The van der Waals surface area contributed by atoms with E-state index in [2.05, 4.69) is 15.5 Å². The Balaban J connectivity index is 1.39. The molecule has 156 valence electrons. The summed E-state index contributed by atoms with van der Waals surface area (Å²) >= 11 is 0. The molecule has 0 fully saturated rings. The molecule has 0 bridgehead atoms.